The molecule has 1 aliphatic rings. The Morgan fingerprint density at radius 3 is 2.42 bits per heavy atom. The molecule has 2 aromatic heterocycles. The lowest BCUT2D eigenvalue weighted by Crippen LogP contribution is -2.48. The highest BCUT2D eigenvalue weighted by Gasteiger charge is 2.25. The molecule has 9 heteroatoms. The minimum absolute atomic E-state index is 0.0212. The molecule has 2 aromatic carbocycles. The molecular formula is C24H22ClN5O2S. The van der Waals surface area contributed by atoms with Gasteiger partial charge in [0.2, 0.25) is 11.7 Å². The van der Waals surface area contributed by atoms with Gasteiger partial charge in [0.1, 0.15) is 10.7 Å². The number of halogens is 1. The lowest BCUT2D eigenvalue weighted by molar-refractivity contribution is 0.0610. The van der Waals surface area contributed by atoms with Crippen molar-refractivity contribution in [1.29, 1.82) is 0 Å². The summed E-state index contributed by atoms with van der Waals surface area (Å²) in [7, 11) is 0. The van der Waals surface area contributed by atoms with E-state index < -0.39 is 0 Å². The van der Waals surface area contributed by atoms with Crippen LogP contribution in [-0.2, 0) is 6.54 Å². The molecule has 7 nitrogen and oxygen atoms in total. The maximum absolute atomic E-state index is 12.9. The van der Waals surface area contributed by atoms with Gasteiger partial charge in [-0.15, -0.1) is 11.3 Å². The fourth-order valence-corrected chi connectivity index (χ4v) is 4.62. The van der Waals surface area contributed by atoms with Gasteiger partial charge in [-0.05, 0) is 31.2 Å². The first-order chi connectivity index (χ1) is 16.0. The van der Waals surface area contributed by atoms with Crippen molar-refractivity contribution in [1.82, 2.24) is 24.9 Å². The Kier molecular flexibility index (Phi) is 6.22. The van der Waals surface area contributed by atoms with Gasteiger partial charge in [-0.25, -0.2) is 4.98 Å². The summed E-state index contributed by atoms with van der Waals surface area (Å²) in [4.78, 5) is 26.1. The third-order valence-corrected chi connectivity index (χ3v) is 6.75. The first-order valence-corrected chi connectivity index (χ1v) is 11.9. The lowest BCUT2D eigenvalue weighted by Gasteiger charge is -2.33. The van der Waals surface area contributed by atoms with Crippen LogP contribution in [0.3, 0.4) is 0 Å². The van der Waals surface area contributed by atoms with E-state index in [0.29, 0.717) is 42.1 Å². The monoisotopic (exact) mass is 479 g/mol. The van der Waals surface area contributed by atoms with Crippen LogP contribution in [0.2, 0.25) is 5.02 Å². The number of benzene rings is 2. The number of rotatable bonds is 5. The molecular weight excluding hydrogens is 458 g/mol. The molecule has 0 N–H and O–H groups in total. The molecule has 0 spiro atoms. The number of aryl methyl sites for hydroxylation is 1. The van der Waals surface area contributed by atoms with Gasteiger partial charge in [0, 0.05) is 47.7 Å². The highest BCUT2D eigenvalue weighted by molar-refractivity contribution is 7.13. The maximum atomic E-state index is 12.9. The average molecular weight is 480 g/mol. The number of nitrogens with zero attached hydrogens (tertiary/aromatic N) is 5. The average Bonchev–Trinajstić information content (AvgIpc) is 3.51. The van der Waals surface area contributed by atoms with Crippen LogP contribution in [0.5, 0.6) is 0 Å². The summed E-state index contributed by atoms with van der Waals surface area (Å²) < 4.78 is 5.42. The predicted octanol–water partition coefficient (Wildman–Crippen LogP) is 4.78. The van der Waals surface area contributed by atoms with E-state index in [1.807, 2.05) is 34.5 Å². The summed E-state index contributed by atoms with van der Waals surface area (Å²) in [5.74, 6) is 1.08. The summed E-state index contributed by atoms with van der Waals surface area (Å²) in [6, 6.07) is 15.5. The molecule has 0 bridgehead atoms. The van der Waals surface area contributed by atoms with E-state index in [2.05, 4.69) is 39.1 Å². The number of carbonyl (C=O) groups is 1. The third-order valence-electron chi connectivity index (χ3n) is 5.61. The zero-order valence-electron chi connectivity index (χ0n) is 18.1. The number of piperazine rings is 1. The van der Waals surface area contributed by atoms with Crippen molar-refractivity contribution in [2.24, 2.45) is 0 Å². The summed E-state index contributed by atoms with van der Waals surface area (Å²) in [5.41, 5.74) is 3.60. The van der Waals surface area contributed by atoms with Gasteiger partial charge in [-0.3, -0.25) is 9.69 Å². The van der Waals surface area contributed by atoms with Crippen molar-refractivity contribution in [2.75, 3.05) is 26.2 Å². The smallest absolute Gasteiger partial charge is 0.273 e. The SMILES string of the molecule is Cc1ccc(-c2nc(C(=O)N3CCN(Cc4nc(-c5ccc(Cl)cc5)no4)CC3)cs2)cc1. The number of hydrogen-bond donors (Lipinski definition) is 0. The van der Waals surface area contributed by atoms with Gasteiger partial charge >= 0.3 is 0 Å². The fourth-order valence-electron chi connectivity index (χ4n) is 3.70. The second kappa shape index (κ2) is 9.43. The molecule has 3 heterocycles. The zero-order chi connectivity index (χ0) is 22.8. The first-order valence-electron chi connectivity index (χ1n) is 10.7. The van der Waals surface area contributed by atoms with Crippen molar-refractivity contribution in [3.8, 4) is 22.0 Å². The Labute approximate surface area is 200 Å². The second-order valence-corrected chi connectivity index (χ2v) is 9.29. The first kappa shape index (κ1) is 21.8. The van der Waals surface area contributed by atoms with E-state index in [1.54, 1.807) is 12.1 Å². The highest BCUT2D eigenvalue weighted by atomic mass is 35.5. The van der Waals surface area contributed by atoms with Gasteiger partial charge in [0.05, 0.1) is 6.54 Å². The van der Waals surface area contributed by atoms with Crippen LogP contribution >= 0.6 is 22.9 Å². The van der Waals surface area contributed by atoms with Crippen molar-refractivity contribution in [3.63, 3.8) is 0 Å². The summed E-state index contributed by atoms with van der Waals surface area (Å²) >= 11 is 7.44. The van der Waals surface area contributed by atoms with Crippen LogP contribution in [0, 0.1) is 6.92 Å². The molecule has 1 amide bonds. The van der Waals surface area contributed by atoms with Crippen molar-refractivity contribution >= 4 is 28.8 Å². The van der Waals surface area contributed by atoms with Gasteiger partial charge < -0.3 is 9.42 Å². The number of amides is 1. The fraction of sp³-hybridized carbons (Fsp3) is 0.250. The standard InChI is InChI=1S/C24H22ClN5O2S/c1-16-2-4-18(5-3-16)23-26-20(15-33-23)24(31)30-12-10-29(11-13-30)14-21-27-22(28-32-21)17-6-8-19(25)9-7-17/h2-9,15H,10-14H2,1H3. The Morgan fingerprint density at radius 1 is 1.00 bits per heavy atom. The molecule has 168 valence electrons. The minimum atomic E-state index is -0.0212. The van der Waals surface area contributed by atoms with Crippen molar-refractivity contribution in [2.45, 2.75) is 13.5 Å². The Balaban J connectivity index is 1.16. The summed E-state index contributed by atoms with van der Waals surface area (Å²) in [5, 5.41) is 7.45. The predicted molar refractivity (Wildman–Crippen MR) is 128 cm³/mol. The summed E-state index contributed by atoms with van der Waals surface area (Å²) in [6.45, 7) is 5.34. The van der Waals surface area contributed by atoms with E-state index in [4.69, 9.17) is 16.1 Å². The Bertz CT molecular complexity index is 1240. The maximum Gasteiger partial charge on any atom is 0.273 e. The molecule has 5 rings (SSSR count). The van der Waals surface area contributed by atoms with E-state index in [1.165, 1.54) is 16.9 Å². The topological polar surface area (TPSA) is 75.4 Å². The molecule has 0 saturated carbocycles. The number of hydrogen-bond acceptors (Lipinski definition) is 7. The van der Waals surface area contributed by atoms with E-state index in [0.717, 1.165) is 29.2 Å². The zero-order valence-corrected chi connectivity index (χ0v) is 19.6. The van der Waals surface area contributed by atoms with Crippen LogP contribution in [0.25, 0.3) is 22.0 Å². The molecule has 1 fully saturated rings. The number of aromatic nitrogens is 3. The van der Waals surface area contributed by atoms with Crippen LogP contribution in [0.1, 0.15) is 21.9 Å². The second-order valence-electron chi connectivity index (χ2n) is 7.99. The molecule has 1 aliphatic heterocycles. The third kappa shape index (κ3) is 4.98. The summed E-state index contributed by atoms with van der Waals surface area (Å²) in [6.07, 6.45) is 0. The van der Waals surface area contributed by atoms with Gasteiger partial charge in [-0.2, -0.15) is 4.98 Å². The molecule has 0 aliphatic carbocycles. The number of thiazole rings is 1. The minimum Gasteiger partial charge on any atom is -0.338 e. The van der Waals surface area contributed by atoms with Gasteiger partial charge in [0.25, 0.3) is 5.91 Å². The van der Waals surface area contributed by atoms with Crippen LogP contribution in [0.15, 0.2) is 58.4 Å². The lowest BCUT2D eigenvalue weighted by atomic mass is 10.2. The Hall–Kier alpha value is -3.07. The van der Waals surface area contributed by atoms with E-state index in [9.17, 15) is 4.79 Å². The Morgan fingerprint density at radius 2 is 1.70 bits per heavy atom. The molecule has 4 aromatic rings. The molecule has 0 unspecified atom stereocenters. The number of carbonyl (C=O) groups excluding carboxylic acids is 1. The largest absolute Gasteiger partial charge is 0.338 e. The quantitative estimate of drug-likeness (QED) is 0.410. The molecule has 1 saturated heterocycles. The van der Waals surface area contributed by atoms with Crippen LogP contribution in [-0.4, -0.2) is 57.0 Å². The van der Waals surface area contributed by atoms with Crippen molar-refractivity contribution < 1.29 is 9.32 Å². The molecule has 0 radical (unpaired) electrons. The van der Waals surface area contributed by atoms with E-state index >= 15 is 0 Å². The highest BCUT2D eigenvalue weighted by Crippen LogP contribution is 2.25. The molecule has 33 heavy (non-hydrogen) atoms. The van der Waals surface area contributed by atoms with Crippen LogP contribution < -0.4 is 0 Å². The molecule has 0 atom stereocenters. The van der Waals surface area contributed by atoms with Gasteiger partial charge in [-0.1, -0.05) is 46.6 Å². The van der Waals surface area contributed by atoms with Crippen LogP contribution in [0.4, 0.5) is 0 Å². The normalized spacial score (nSPS) is 14.5. The van der Waals surface area contributed by atoms with Crippen molar-refractivity contribution in [3.05, 3.63) is 76.1 Å². The van der Waals surface area contributed by atoms with Gasteiger partial charge in [0.15, 0.2) is 0 Å². The van der Waals surface area contributed by atoms with E-state index in [-0.39, 0.29) is 5.91 Å².